The first kappa shape index (κ1) is 13.5. The number of nitrogens with zero attached hydrogens (tertiary/aromatic N) is 1. The molecule has 0 radical (unpaired) electrons. The van der Waals surface area contributed by atoms with E-state index in [1.54, 1.807) is 6.07 Å². The second kappa shape index (κ2) is 6.32. The Kier molecular flexibility index (Phi) is 4.50. The Bertz CT molecular complexity index is 523. The van der Waals surface area contributed by atoms with Crippen LogP contribution < -0.4 is 5.32 Å². The Morgan fingerprint density at radius 1 is 1.26 bits per heavy atom. The summed E-state index contributed by atoms with van der Waals surface area (Å²) in [5, 5.41) is 3.32. The van der Waals surface area contributed by atoms with Crippen LogP contribution in [0.25, 0.3) is 0 Å². The minimum absolute atomic E-state index is 0.327. The van der Waals surface area contributed by atoms with Gasteiger partial charge in [0.2, 0.25) is 5.95 Å². The van der Waals surface area contributed by atoms with E-state index < -0.39 is 5.95 Å². The number of nitrogens with one attached hydrogen (secondary N) is 1. The Balaban J connectivity index is 1.84. The molecule has 2 aromatic rings. The maximum absolute atomic E-state index is 12.7. The van der Waals surface area contributed by atoms with Crippen molar-refractivity contribution >= 4 is 5.69 Å². The summed E-state index contributed by atoms with van der Waals surface area (Å²) in [7, 11) is 0. The fourth-order valence-electron chi connectivity index (χ4n) is 2.07. The van der Waals surface area contributed by atoms with Crippen molar-refractivity contribution in [1.82, 2.24) is 4.98 Å². The van der Waals surface area contributed by atoms with Crippen LogP contribution in [0.15, 0.2) is 42.6 Å². The van der Waals surface area contributed by atoms with Crippen LogP contribution in [0.1, 0.15) is 24.5 Å². The lowest BCUT2D eigenvalue weighted by molar-refractivity contribution is 0.583. The zero-order chi connectivity index (χ0) is 13.7. The molecule has 0 spiro atoms. The minimum Gasteiger partial charge on any atom is -0.381 e. The molecule has 1 N–H and O–H groups in total. The van der Waals surface area contributed by atoms with Gasteiger partial charge in [-0.2, -0.15) is 4.39 Å². The van der Waals surface area contributed by atoms with Crippen molar-refractivity contribution in [2.45, 2.75) is 32.7 Å². The van der Waals surface area contributed by atoms with Gasteiger partial charge in [0.25, 0.3) is 0 Å². The number of aromatic nitrogens is 1. The van der Waals surface area contributed by atoms with Crippen molar-refractivity contribution in [3.8, 4) is 0 Å². The van der Waals surface area contributed by atoms with Gasteiger partial charge in [-0.05, 0) is 44.4 Å². The van der Waals surface area contributed by atoms with E-state index in [2.05, 4.69) is 48.4 Å². The topological polar surface area (TPSA) is 24.9 Å². The highest BCUT2D eigenvalue weighted by Crippen LogP contribution is 2.12. The van der Waals surface area contributed by atoms with Crippen molar-refractivity contribution in [1.29, 1.82) is 0 Å². The summed E-state index contributed by atoms with van der Waals surface area (Å²) in [4.78, 5) is 3.63. The SMILES string of the molecule is Cc1cccc(CCC(C)Nc2ccc(F)nc2)c1. The fraction of sp³-hybridized carbons (Fsp3) is 0.312. The van der Waals surface area contributed by atoms with Crippen LogP contribution in [-0.4, -0.2) is 11.0 Å². The fourth-order valence-corrected chi connectivity index (χ4v) is 2.07. The molecule has 100 valence electrons. The molecule has 0 aliphatic rings. The van der Waals surface area contributed by atoms with Gasteiger partial charge in [-0.25, -0.2) is 4.98 Å². The molecule has 19 heavy (non-hydrogen) atoms. The third-order valence-electron chi connectivity index (χ3n) is 3.09. The highest BCUT2D eigenvalue weighted by atomic mass is 19.1. The molecular weight excluding hydrogens is 239 g/mol. The van der Waals surface area contributed by atoms with Crippen molar-refractivity contribution in [2.75, 3.05) is 5.32 Å². The molecule has 0 saturated heterocycles. The summed E-state index contributed by atoms with van der Waals surface area (Å²) in [6.45, 7) is 4.23. The first-order chi connectivity index (χ1) is 9.13. The summed E-state index contributed by atoms with van der Waals surface area (Å²) >= 11 is 0. The number of pyridine rings is 1. The highest BCUT2D eigenvalue weighted by molar-refractivity contribution is 5.40. The standard InChI is InChI=1S/C16H19FN2/c1-12-4-3-5-14(10-12)7-6-13(2)19-15-8-9-16(17)18-11-15/h3-5,8-11,13,19H,6-7H2,1-2H3. The zero-order valence-corrected chi connectivity index (χ0v) is 11.4. The number of benzene rings is 1. The summed E-state index contributed by atoms with van der Waals surface area (Å²) in [6.07, 6.45) is 3.59. The molecule has 0 fully saturated rings. The molecule has 3 heteroatoms. The smallest absolute Gasteiger partial charge is 0.212 e. The molecule has 0 amide bonds. The van der Waals surface area contributed by atoms with Crippen LogP contribution in [0.5, 0.6) is 0 Å². The normalized spacial score (nSPS) is 12.2. The molecule has 1 aromatic carbocycles. The second-order valence-corrected chi connectivity index (χ2v) is 4.94. The molecule has 0 bridgehead atoms. The predicted molar refractivity (Wildman–Crippen MR) is 76.8 cm³/mol. The largest absolute Gasteiger partial charge is 0.381 e. The maximum Gasteiger partial charge on any atom is 0.212 e. The van der Waals surface area contributed by atoms with Crippen molar-refractivity contribution in [3.63, 3.8) is 0 Å². The molecule has 1 unspecified atom stereocenters. The maximum atomic E-state index is 12.7. The molecule has 0 aliphatic carbocycles. The van der Waals surface area contributed by atoms with Crippen molar-refractivity contribution in [3.05, 3.63) is 59.7 Å². The van der Waals surface area contributed by atoms with Gasteiger partial charge in [-0.3, -0.25) is 0 Å². The third-order valence-corrected chi connectivity index (χ3v) is 3.09. The van der Waals surface area contributed by atoms with Gasteiger partial charge in [0.05, 0.1) is 11.9 Å². The van der Waals surface area contributed by atoms with E-state index in [1.165, 1.54) is 23.4 Å². The highest BCUT2D eigenvalue weighted by Gasteiger charge is 2.03. The van der Waals surface area contributed by atoms with Crippen LogP contribution in [0.2, 0.25) is 0 Å². The van der Waals surface area contributed by atoms with Crippen LogP contribution in [0.3, 0.4) is 0 Å². The van der Waals surface area contributed by atoms with E-state index in [-0.39, 0.29) is 0 Å². The van der Waals surface area contributed by atoms with E-state index in [1.807, 2.05) is 0 Å². The van der Waals surface area contributed by atoms with Crippen molar-refractivity contribution < 1.29 is 4.39 Å². The number of rotatable bonds is 5. The average molecular weight is 258 g/mol. The number of anilines is 1. The zero-order valence-electron chi connectivity index (χ0n) is 11.4. The molecule has 0 aliphatic heterocycles. The van der Waals surface area contributed by atoms with Crippen LogP contribution in [0.4, 0.5) is 10.1 Å². The van der Waals surface area contributed by atoms with E-state index in [0.717, 1.165) is 18.5 Å². The van der Waals surface area contributed by atoms with E-state index in [4.69, 9.17) is 0 Å². The van der Waals surface area contributed by atoms with E-state index in [9.17, 15) is 4.39 Å². The minimum atomic E-state index is -0.446. The Hall–Kier alpha value is -1.90. The van der Waals surface area contributed by atoms with Gasteiger partial charge in [-0.1, -0.05) is 29.8 Å². The van der Waals surface area contributed by atoms with E-state index >= 15 is 0 Å². The first-order valence-corrected chi connectivity index (χ1v) is 6.57. The lowest BCUT2D eigenvalue weighted by Gasteiger charge is -2.15. The molecule has 2 nitrogen and oxygen atoms in total. The summed E-state index contributed by atoms with van der Waals surface area (Å²) in [5.74, 6) is -0.446. The van der Waals surface area contributed by atoms with Crippen molar-refractivity contribution in [2.24, 2.45) is 0 Å². The second-order valence-electron chi connectivity index (χ2n) is 4.94. The first-order valence-electron chi connectivity index (χ1n) is 6.57. The monoisotopic (exact) mass is 258 g/mol. The number of aryl methyl sites for hydroxylation is 2. The summed E-state index contributed by atoms with van der Waals surface area (Å²) < 4.78 is 12.7. The predicted octanol–water partition coefficient (Wildman–Crippen LogP) is 3.96. The summed E-state index contributed by atoms with van der Waals surface area (Å²) in [6, 6.07) is 12.0. The molecule has 1 atom stereocenters. The van der Waals surface area contributed by atoms with Crippen LogP contribution >= 0.6 is 0 Å². The van der Waals surface area contributed by atoms with Gasteiger partial charge in [-0.15, -0.1) is 0 Å². The average Bonchev–Trinajstić information content (AvgIpc) is 2.39. The van der Waals surface area contributed by atoms with Crippen LogP contribution in [-0.2, 0) is 6.42 Å². The number of hydrogen-bond acceptors (Lipinski definition) is 2. The molecule has 0 saturated carbocycles. The molecule has 1 aromatic heterocycles. The van der Waals surface area contributed by atoms with E-state index in [0.29, 0.717) is 6.04 Å². The van der Waals surface area contributed by atoms with Gasteiger partial charge >= 0.3 is 0 Å². The molecule has 2 rings (SSSR count). The van der Waals surface area contributed by atoms with Gasteiger partial charge in [0.1, 0.15) is 0 Å². The quantitative estimate of drug-likeness (QED) is 0.821. The van der Waals surface area contributed by atoms with Crippen LogP contribution in [0, 0.1) is 12.9 Å². The third kappa shape index (κ3) is 4.36. The Morgan fingerprint density at radius 2 is 2.11 bits per heavy atom. The molecular formula is C16H19FN2. The summed E-state index contributed by atoms with van der Waals surface area (Å²) in [5.41, 5.74) is 3.50. The lowest BCUT2D eigenvalue weighted by atomic mass is 10.0. The molecule has 1 heterocycles. The Labute approximate surface area is 113 Å². The lowest BCUT2D eigenvalue weighted by Crippen LogP contribution is -2.16. The number of halogens is 1. The van der Waals surface area contributed by atoms with Gasteiger partial charge < -0.3 is 5.32 Å². The van der Waals surface area contributed by atoms with Gasteiger partial charge in [0, 0.05) is 6.04 Å². The Morgan fingerprint density at radius 3 is 2.79 bits per heavy atom. The van der Waals surface area contributed by atoms with Gasteiger partial charge in [0.15, 0.2) is 0 Å². The number of hydrogen-bond donors (Lipinski definition) is 1.